The maximum atomic E-state index is 11.7. The number of hydrazone groups is 1. The van der Waals surface area contributed by atoms with Gasteiger partial charge in [-0.2, -0.15) is 5.10 Å². The highest BCUT2D eigenvalue weighted by Crippen LogP contribution is 2.15. The van der Waals surface area contributed by atoms with Gasteiger partial charge in [0.1, 0.15) is 12.4 Å². The summed E-state index contributed by atoms with van der Waals surface area (Å²) in [5.74, 6) is 2.79. The number of ether oxygens (including phenoxy) is 1. The maximum Gasteiger partial charge on any atom is 0.281 e. The number of thiophene rings is 1. The second kappa shape index (κ2) is 7.12. The van der Waals surface area contributed by atoms with E-state index in [0.29, 0.717) is 10.6 Å². The standard InChI is InChI=1S/C15H12N2O2S/c1-2-9-19-13-7-4-3-6-12(13)11-16-17-15(18)14-8-5-10-20-14/h1,3-8,10-11H,9H2,(H,17,18)/b16-11-. The van der Waals surface area contributed by atoms with E-state index in [2.05, 4.69) is 16.4 Å². The van der Waals surface area contributed by atoms with E-state index in [9.17, 15) is 4.79 Å². The molecule has 2 aromatic rings. The Labute approximate surface area is 121 Å². The lowest BCUT2D eigenvalue weighted by Crippen LogP contribution is -2.16. The van der Waals surface area contributed by atoms with Crippen LogP contribution in [-0.4, -0.2) is 18.7 Å². The molecular formula is C15H12N2O2S. The summed E-state index contributed by atoms with van der Waals surface area (Å²) in [6, 6.07) is 10.9. The highest BCUT2D eigenvalue weighted by atomic mass is 32.1. The van der Waals surface area contributed by atoms with Crippen molar-refractivity contribution in [1.29, 1.82) is 0 Å². The number of hydrogen-bond donors (Lipinski definition) is 1. The predicted molar refractivity (Wildman–Crippen MR) is 80.1 cm³/mol. The maximum absolute atomic E-state index is 11.7. The number of rotatable bonds is 5. The van der Waals surface area contributed by atoms with Crippen molar-refractivity contribution in [3.05, 3.63) is 52.2 Å². The number of terminal acetylenes is 1. The lowest BCUT2D eigenvalue weighted by Gasteiger charge is -2.05. The van der Waals surface area contributed by atoms with Gasteiger partial charge < -0.3 is 4.74 Å². The van der Waals surface area contributed by atoms with Gasteiger partial charge in [0, 0.05) is 5.56 Å². The Morgan fingerprint density at radius 2 is 2.25 bits per heavy atom. The van der Waals surface area contributed by atoms with Gasteiger partial charge in [-0.25, -0.2) is 5.43 Å². The van der Waals surface area contributed by atoms with E-state index >= 15 is 0 Å². The Hall–Kier alpha value is -2.58. The molecule has 5 heteroatoms. The van der Waals surface area contributed by atoms with Crippen LogP contribution in [0.1, 0.15) is 15.2 Å². The minimum atomic E-state index is -0.238. The summed E-state index contributed by atoms with van der Waals surface area (Å²) < 4.78 is 5.38. The van der Waals surface area contributed by atoms with Crippen molar-refractivity contribution in [2.24, 2.45) is 5.10 Å². The number of amides is 1. The van der Waals surface area contributed by atoms with Crippen LogP contribution in [0.25, 0.3) is 0 Å². The number of para-hydroxylation sites is 1. The molecule has 2 rings (SSSR count). The van der Waals surface area contributed by atoms with Crippen molar-refractivity contribution in [1.82, 2.24) is 5.43 Å². The van der Waals surface area contributed by atoms with Gasteiger partial charge in [-0.15, -0.1) is 17.8 Å². The van der Waals surface area contributed by atoms with Crippen LogP contribution in [0.5, 0.6) is 5.75 Å². The number of nitrogens with one attached hydrogen (secondary N) is 1. The van der Waals surface area contributed by atoms with Crippen LogP contribution in [-0.2, 0) is 0 Å². The third-order valence-electron chi connectivity index (χ3n) is 2.34. The Kier molecular flexibility index (Phi) is 4.93. The molecule has 1 aromatic carbocycles. The van der Waals surface area contributed by atoms with Crippen molar-refractivity contribution < 1.29 is 9.53 Å². The first-order valence-electron chi connectivity index (χ1n) is 5.83. The molecule has 0 aliphatic rings. The van der Waals surface area contributed by atoms with Crippen LogP contribution in [0.4, 0.5) is 0 Å². The fourth-order valence-electron chi connectivity index (χ4n) is 1.46. The van der Waals surface area contributed by atoms with E-state index in [1.54, 1.807) is 12.1 Å². The van der Waals surface area contributed by atoms with Crippen molar-refractivity contribution in [3.63, 3.8) is 0 Å². The average Bonchev–Trinajstić information content (AvgIpc) is 3.00. The summed E-state index contributed by atoms with van der Waals surface area (Å²) in [5.41, 5.74) is 3.21. The first-order valence-corrected chi connectivity index (χ1v) is 6.71. The molecule has 100 valence electrons. The molecule has 0 radical (unpaired) electrons. The van der Waals surface area contributed by atoms with Crippen LogP contribution in [0.2, 0.25) is 0 Å². The van der Waals surface area contributed by atoms with Gasteiger partial charge in [-0.05, 0) is 23.6 Å². The molecule has 0 fully saturated rings. The first kappa shape index (κ1) is 13.8. The Balaban J connectivity index is 2.01. The molecule has 0 atom stereocenters. The van der Waals surface area contributed by atoms with E-state index < -0.39 is 0 Å². The molecule has 0 spiro atoms. The fourth-order valence-corrected chi connectivity index (χ4v) is 2.07. The molecule has 1 aromatic heterocycles. The van der Waals surface area contributed by atoms with Gasteiger partial charge in [0.25, 0.3) is 5.91 Å². The van der Waals surface area contributed by atoms with Gasteiger partial charge in [0.15, 0.2) is 0 Å². The number of nitrogens with zero attached hydrogens (tertiary/aromatic N) is 1. The second-order valence-corrected chi connectivity index (χ2v) is 4.65. The predicted octanol–water partition coefficient (Wildman–Crippen LogP) is 2.52. The normalized spacial score (nSPS) is 10.2. The first-order chi connectivity index (χ1) is 9.81. The lowest BCUT2D eigenvalue weighted by molar-refractivity contribution is 0.0959. The van der Waals surface area contributed by atoms with E-state index in [1.165, 1.54) is 17.6 Å². The Morgan fingerprint density at radius 3 is 3.00 bits per heavy atom. The van der Waals surface area contributed by atoms with Gasteiger partial charge in [0.05, 0.1) is 11.1 Å². The van der Waals surface area contributed by atoms with Crippen molar-refractivity contribution in [2.45, 2.75) is 0 Å². The van der Waals surface area contributed by atoms with Crippen molar-refractivity contribution in [2.75, 3.05) is 6.61 Å². The Morgan fingerprint density at radius 1 is 1.40 bits per heavy atom. The molecule has 0 saturated heterocycles. The quantitative estimate of drug-likeness (QED) is 0.521. The minimum absolute atomic E-state index is 0.187. The summed E-state index contributed by atoms with van der Waals surface area (Å²) in [6.45, 7) is 0.187. The summed E-state index contributed by atoms with van der Waals surface area (Å²) in [4.78, 5) is 12.3. The molecule has 0 aliphatic carbocycles. The molecular weight excluding hydrogens is 272 g/mol. The van der Waals surface area contributed by atoms with Crippen LogP contribution in [0.3, 0.4) is 0 Å². The molecule has 4 nitrogen and oxygen atoms in total. The summed E-state index contributed by atoms with van der Waals surface area (Å²) in [6.07, 6.45) is 6.68. The fraction of sp³-hybridized carbons (Fsp3) is 0.0667. The molecule has 0 unspecified atom stereocenters. The van der Waals surface area contributed by atoms with Crippen LogP contribution < -0.4 is 10.2 Å². The lowest BCUT2D eigenvalue weighted by atomic mass is 10.2. The van der Waals surface area contributed by atoms with Gasteiger partial charge in [-0.1, -0.05) is 24.1 Å². The average molecular weight is 284 g/mol. The van der Waals surface area contributed by atoms with Crippen LogP contribution >= 0.6 is 11.3 Å². The third-order valence-corrected chi connectivity index (χ3v) is 3.21. The van der Waals surface area contributed by atoms with Crippen LogP contribution in [0, 0.1) is 12.3 Å². The monoisotopic (exact) mass is 284 g/mol. The topological polar surface area (TPSA) is 50.7 Å². The van der Waals surface area contributed by atoms with Crippen molar-refractivity contribution in [3.8, 4) is 18.1 Å². The minimum Gasteiger partial charge on any atom is -0.480 e. The molecule has 1 amide bonds. The van der Waals surface area contributed by atoms with E-state index in [-0.39, 0.29) is 12.5 Å². The smallest absolute Gasteiger partial charge is 0.281 e. The zero-order valence-corrected chi connectivity index (χ0v) is 11.4. The largest absolute Gasteiger partial charge is 0.480 e. The highest BCUT2D eigenvalue weighted by Gasteiger charge is 2.04. The number of carbonyl (C=O) groups excluding carboxylic acids is 1. The molecule has 0 bridgehead atoms. The highest BCUT2D eigenvalue weighted by molar-refractivity contribution is 7.12. The van der Waals surface area contributed by atoms with E-state index in [0.717, 1.165) is 5.56 Å². The van der Waals surface area contributed by atoms with Gasteiger partial charge >= 0.3 is 0 Å². The molecule has 0 aliphatic heterocycles. The molecule has 20 heavy (non-hydrogen) atoms. The van der Waals surface area contributed by atoms with E-state index in [1.807, 2.05) is 29.6 Å². The number of carbonyl (C=O) groups is 1. The van der Waals surface area contributed by atoms with Crippen molar-refractivity contribution >= 4 is 23.5 Å². The zero-order chi connectivity index (χ0) is 14.2. The molecule has 1 N–H and O–H groups in total. The van der Waals surface area contributed by atoms with E-state index in [4.69, 9.17) is 11.2 Å². The SMILES string of the molecule is C#CCOc1ccccc1/C=N\NC(=O)c1cccs1. The number of hydrogen-bond acceptors (Lipinski definition) is 4. The second-order valence-electron chi connectivity index (χ2n) is 3.71. The summed E-state index contributed by atoms with van der Waals surface area (Å²) in [5, 5.41) is 5.75. The Bertz CT molecular complexity index is 642. The summed E-state index contributed by atoms with van der Waals surface area (Å²) >= 11 is 1.36. The van der Waals surface area contributed by atoms with Crippen LogP contribution in [0.15, 0.2) is 46.9 Å². The molecule has 0 saturated carbocycles. The zero-order valence-electron chi connectivity index (χ0n) is 10.6. The number of benzene rings is 1. The van der Waals surface area contributed by atoms with Gasteiger partial charge in [-0.3, -0.25) is 4.79 Å². The third kappa shape index (κ3) is 3.70. The summed E-state index contributed by atoms with van der Waals surface area (Å²) in [7, 11) is 0. The molecule has 1 heterocycles. The van der Waals surface area contributed by atoms with Gasteiger partial charge in [0.2, 0.25) is 0 Å².